The summed E-state index contributed by atoms with van der Waals surface area (Å²) >= 11 is 6.25. The number of nitrogens with zero attached hydrogens (tertiary/aromatic N) is 1. The largest absolute Gasteiger partial charge is 0.494 e. The topological polar surface area (TPSA) is 51.5 Å². The molecule has 0 spiro atoms. The van der Waals surface area contributed by atoms with Gasteiger partial charge in [0.25, 0.3) is 0 Å². The van der Waals surface area contributed by atoms with Crippen molar-refractivity contribution >= 4 is 17.6 Å². The van der Waals surface area contributed by atoms with Crippen molar-refractivity contribution in [3.05, 3.63) is 75.1 Å². The summed E-state index contributed by atoms with van der Waals surface area (Å²) in [5.41, 5.74) is 7.59. The number of aromatic carboxylic acids is 1. The summed E-state index contributed by atoms with van der Waals surface area (Å²) in [5, 5.41) is 10.9. The van der Waals surface area contributed by atoms with E-state index in [0.29, 0.717) is 31.2 Å². The van der Waals surface area contributed by atoms with Crippen molar-refractivity contribution in [2.24, 2.45) is 5.92 Å². The van der Waals surface area contributed by atoms with Gasteiger partial charge in [0.05, 0.1) is 6.61 Å². The van der Waals surface area contributed by atoms with Gasteiger partial charge in [0.1, 0.15) is 11.4 Å². The molecule has 176 valence electrons. The van der Waals surface area contributed by atoms with E-state index >= 15 is 0 Å². The average molecular weight is 468 g/mol. The zero-order chi connectivity index (χ0) is 24.3. The second-order valence-corrected chi connectivity index (χ2v) is 9.66. The van der Waals surface area contributed by atoms with Crippen LogP contribution in [0.1, 0.15) is 58.7 Å². The summed E-state index contributed by atoms with van der Waals surface area (Å²) < 4.78 is 7.92. The van der Waals surface area contributed by atoms with Crippen LogP contribution in [0.25, 0.3) is 11.1 Å². The molecular formula is C28H34ClNO3. The van der Waals surface area contributed by atoms with Crippen LogP contribution in [0.2, 0.25) is 5.02 Å². The number of hydrogen-bond donors (Lipinski definition) is 1. The van der Waals surface area contributed by atoms with Crippen LogP contribution in [0, 0.1) is 33.6 Å². The monoisotopic (exact) mass is 467 g/mol. The highest BCUT2D eigenvalue weighted by molar-refractivity contribution is 6.32. The van der Waals surface area contributed by atoms with Crippen LogP contribution in [0.5, 0.6) is 5.75 Å². The lowest BCUT2D eigenvalue weighted by atomic mass is 9.93. The number of rotatable bonds is 9. The third-order valence-electron chi connectivity index (χ3n) is 5.98. The normalized spacial score (nSPS) is 11.3. The maximum absolute atomic E-state index is 12.4. The number of aryl methyl sites for hydroxylation is 3. The van der Waals surface area contributed by atoms with Crippen LogP contribution in [0.4, 0.5) is 0 Å². The van der Waals surface area contributed by atoms with Gasteiger partial charge in [-0.05, 0) is 80.8 Å². The number of aromatic nitrogens is 1. The Bertz CT molecular complexity index is 1120. The fourth-order valence-electron chi connectivity index (χ4n) is 4.44. The van der Waals surface area contributed by atoms with Crippen molar-refractivity contribution in [3.63, 3.8) is 0 Å². The van der Waals surface area contributed by atoms with Crippen LogP contribution in [-0.4, -0.2) is 22.2 Å². The zero-order valence-corrected chi connectivity index (χ0v) is 21.2. The van der Waals surface area contributed by atoms with E-state index in [1.165, 1.54) is 5.56 Å². The minimum atomic E-state index is -0.878. The summed E-state index contributed by atoms with van der Waals surface area (Å²) in [6, 6.07) is 12.2. The van der Waals surface area contributed by atoms with E-state index in [1.807, 2.05) is 37.5 Å². The Morgan fingerprint density at radius 1 is 1.06 bits per heavy atom. The lowest BCUT2D eigenvalue weighted by molar-refractivity contribution is 0.0682. The van der Waals surface area contributed by atoms with Crippen molar-refractivity contribution in [1.29, 1.82) is 0 Å². The van der Waals surface area contributed by atoms with Gasteiger partial charge in [-0.25, -0.2) is 4.79 Å². The SMILES string of the molecule is Cc1ccc(-c2c(CC(C)C)c(C(=O)O)n(CCCOc3cc(C)c(Cl)c(C)c3)c2C)cc1. The Labute approximate surface area is 202 Å². The van der Waals surface area contributed by atoms with E-state index in [4.69, 9.17) is 16.3 Å². The highest BCUT2D eigenvalue weighted by atomic mass is 35.5. The molecule has 1 aromatic heterocycles. The molecule has 0 unspecified atom stereocenters. The Balaban J connectivity index is 1.89. The highest BCUT2D eigenvalue weighted by Crippen LogP contribution is 2.35. The van der Waals surface area contributed by atoms with Crippen molar-refractivity contribution < 1.29 is 14.6 Å². The number of carboxylic acids is 1. The van der Waals surface area contributed by atoms with Gasteiger partial charge in [-0.2, -0.15) is 0 Å². The van der Waals surface area contributed by atoms with Gasteiger partial charge in [-0.1, -0.05) is 55.3 Å². The first-order valence-electron chi connectivity index (χ1n) is 11.5. The summed E-state index contributed by atoms with van der Waals surface area (Å²) in [7, 11) is 0. The molecule has 0 aliphatic heterocycles. The van der Waals surface area contributed by atoms with Gasteiger partial charge in [0.15, 0.2) is 0 Å². The molecule has 2 aromatic carbocycles. The van der Waals surface area contributed by atoms with Crippen molar-refractivity contribution in [1.82, 2.24) is 4.57 Å². The lowest BCUT2D eigenvalue weighted by Crippen LogP contribution is -2.14. The average Bonchev–Trinajstić information content (AvgIpc) is 3.00. The number of carboxylic acid groups (broad SMARTS) is 1. The Morgan fingerprint density at radius 2 is 1.67 bits per heavy atom. The Kier molecular flexibility index (Phi) is 7.91. The minimum absolute atomic E-state index is 0.349. The first-order chi connectivity index (χ1) is 15.6. The molecule has 0 saturated heterocycles. The van der Waals surface area contributed by atoms with Crippen LogP contribution in [-0.2, 0) is 13.0 Å². The maximum Gasteiger partial charge on any atom is 0.352 e. The van der Waals surface area contributed by atoms with E-state index in [2.05, 4.69) is 45.0 Å². The van der Waals surface area contributed by atoms with Gasteiger partial charge in [-0.3, -0.25) is 0 Å². The van der Waals surface area contributed by atoms with Crippen LogP contribution in [0.3, 0.4) is 0 Å². The van der Waals surface area contributed by atoms with Crippen molar-refractivity contribution in [3.8, 4) is 16.9 Å². The van der Waals surface area contributed by atoms with Crippen LogP contribution >= 0.6 is 11.6 Å². The Hall–Kier alpha value is -2.72. The summed E-state index contributed by atoms with van der Waals surface area (Å²) in [6.45, 7) is 13.3. The van der Waals surface area contributed by atoms with Crippen LogP contribution < -0.4 is 4.74 Å². The second kappa shape index (κ2) is 10.5. The lowest BCUT2D eigenvalue weighted by Gasteiger charge is -2.13. The summed E-state index contributed by atoms with van der Waals surface area (Å²) in [4.78, 5) is 12.4. The third-order valence-corrected chi connectivity index (χ3v) is 6.58. The maximum atomic E-state index is 12.4. The molecule has 0 atom stereocenters. The molecule has 0 aliphatic carbocycles. The van der Waals surface area contributed by atoms with Gasteiger partial charge in [-0.15, -0.1) is 0 Å². The molecule has 0 bridgehead atoms. The van der Waals surface area contributed by atoms with Crippen molar-refractivity contribution in [2.75, 3.05) is 6.61 Å². The van der Waals surface area contributed by atoms with E-state index in [-0.39, 0.29) is 0 Å². The van der Waals surface area contributed by atoms with Gasteiger partial charge >= 0.3 is 5.97 Å². The first kappa shape index (κ1) is 24.9. The molecule has 0 saturated carbocycles. The molecule has 3 aromatic rings. The molecule has 5 heteroatoms. The van der Waals surface area contributed by atoms with E-state index in [9.17, 15) is 9.90 Å². The molecule has 1 heterocycles. The number of halogens is 1. The molecule has 0 fully saturated rings. The molecule has 1 N–H and O–H groups in total. The fraction of sp³-hybridized carbons (Fsp3) is 0.393. The number of ether oxygens (including phenoxy) is 1. The summed E-state index contributed by atoms with van der Waals surface area (Å²) in [5.74, 6) is 0.261. The minimum Gasteiger partial charge on any atom is -0.494 e. The predicted molar refractivity (Wildman–Crippen MR) is 136 cm³/mol. The zero-order valence-electron chi connectivity index (χ0n) is 20.5. The molecule has 3 rings (SSSR count). The summed E-state index contributed by atoms with van der Waals surface area (Å²) in [6.07, 6.45) is 1.42. The second-order valence-electron chi connectivity index (χ2n) is 9.28. The van der Waals surface area contributed by atoms with E-state index in [1.54, 1.807) is 0 Å². The standard InChI is InChI=1S/C28H34ClNO3/c1-17(2)14-24-25(22-10-8-18(3)9-11-22)21(6)30(27(24)28(31)32)12-7-13-33-23-15-19(4)26(29)20(5)16-23/h8-11,15-17H,7,12-14H2,1-6H3,(H,31,32). The quantitative estimate of drug-likeness (QED) is 0.333. The third kappa shape index (κ3) is 5.62. The van der Waals surface area contributed by atoms with Crippen molar-refractivity contribution in [2.45, 2.75) is 60.9 Å². The fourth-order valence-corrected chi connectivity index (χ4v) is 4.55. The number of benzene rings is 2. The first-order valence-corrected chi connectivity index (χ1v) is 11.9. The Morgan fingerprint density at radius 3 is 2.21 bits per heavy atom. The van der Waals surface area contributed by atoms with Gasteiger partial charge in [0.2, 0.25) is 0 Å². The van der Waals surface area contributed by atoms with Crippen LogP contribution in [0.15, 0.2) is 36.4 Å². The van der Waals surface area contributed by atoms with Gasteiger partial charge < -0.3 is 14.4 Å². The molecule has 0 amide bonds. The molecule has 4 nitrogen and oxygen atoms in total. The molecule has 0 radical (unpaired) electrons. The molecular weight excluding hydrogens is 434 g/mol. The van der Waals surface area contributed by atoms with Gasteiger partial charge in [0, 0.05) is 22.8 Å². The van der Waals surface area contributed by atoms with E-state index in [0.717, 1.165) is 50.7 Å². The highest BCUT2D eigenvalue weighted by Gasteiger charge is 2.26. The van der Waals surface area contributed by atoms with E-state index < -0.39 is 5.97 Å². The molecule has 0 aliphatic rings. The molecule has 33 heavy (non-hydrogen) atoms. The number of hydrogen-bond acceptors (Lipinski definition) is 2. The predicted octanol–water partition coefficient (Wildman–Crippen LogP) is 7.41. The number of carbonyl (C=O) groups is 1. The smallest absolute Gasteiger partial charge is 0.352 e.